The molecule has 3 rings (SSSR count). The number of nitrogens with one attached hydrogen (secondary N) is 3. The predicted octanol–water partition coefficient (Wildman–Crippen LogP) is -0.324. The molecule has 2 heterocycles. The molecular formula is C19H28N3O4+. The van der Waals surface area contributed by atoms with Gasteiger partial charge in [-0.15, -0.1) is 0 Å². The van der Waals surface area contributed by atoms with Crippen LogP contribution >= 0.6 is 0 Å². The van der Waals surface area contributed by atoms with Gasteiger partial charge in [0.05, 0.1) is 32.3 Å². The van der Waals surface area contributed by atoms with Crippen molar-refractivity contribution in [3.8, 4) is 11.5 Å². The van der Waals surface area contributed by atoms with Crippen LogP contribution in [0.1, 0.15) is 31.9 Å². The molecular weight excluding hydrogens is 334 g/mol. The summed E-state index contributed by atoms with van der Waals surface area (Å²) in [4.78, 5) is 25.0. The van der Waals surface area contributed by atoms with Gasteiger partial charge < -0.3 is 25.0 Å². The molecule has 1 aromatic carbocycles. The number of carbonyl (C=O) groups excluding carboxylic acids is 2. The summed E-state index contributed by atoms with van der Waals surface area (Å²) in [6, 6.07) is 5.75. The summed E-state index contributed by atoms with van der Waals surface area (Å²) in [6.07, 6.45) is 0.862. The third-order valence-electron chi connectivity index (χ3n) is 4.74. The molecule has 3 N–H and O–H groups in total. The molecule has 1 unspecified atom stereocenters. The first kappa shape index (κ1) is 18.5. The fourth-order valence-electron chi connectivity index (χ4n) is 3.37. The van der Waals surface area contributed by atoms with Gasteiger partial charge in [0.2, 0.25) is 0 Å². The van der Waals surface area contributed by atoms with Crippen molar-refractivity contribution in [3.63, 3.8) is 0 Å². The van der Waals surface area contributed by atoms with E-state index >= 15 is 0 Å². The number of fused-ring (bicyclic) bond motifs is 1. The van der Waals surface area contributed by atoms with E-state index in [1.54, 1.807) is 0 Å². The van der Waals surface area contributed by atoms with E-state index in [0.717, 1.165) is 34.9 Å². The van der Waals surface area contributed by atoms with Crippen LogP contribution in [0.4, 0.5) is 0 Å². The Morgan fingerprint density at radius 3 is 2.77 bits per heavy atom. The normalized spacial score (nSPS) is 20.9. The Morgan fingerprint density at radius 2 is 2.04 bits per heavy atom. The number of rotatable bonds is 5. The molecule has 0 bridgehead atoms. The predicted molar refractivity (Wildman–Crippen MR) is 96.3 cm³/mol. The summed E-state index contributed by atoms with van der Waals surface area (Å²) >= 11 is 0. The Labute approximate surface area is 154 Å². The largest absolute Gasteiger partial charge is 0.490 e. The molecule has 0 radical (unpaired) electrons. The highest BCUT2D eigenvalue weighted by molar-refractivity contribution is 5.79. The molecule has 1 aromatic rings. The lowest BCUT2D eigenvalue weighted by Gasteiger charge is -2.26. The fourth-order valence-corrected chi connectivity index (χ4v) is 3.37. The number of carbonyl (C=O) groups is 2. The lowest BCUT2D eigenvalue weighted by molar-refractivity contribution is -0.885. The number of quaternary nitrogens is 1. The fraction of sp³-hybridized carbons (Fsp3) is 0.579. The quantitative estimate of drug-likeness (QED) is 0.670. The zero-order valence-corrected chi connectivity index (χ0v) is 15.5. The highest BCUT2D eigenvalue weighted by Crippen LogP contribution is 2.34. The molecule has 7 heteroatoms. The van der Waals surface area contributed by atoms with Crippen LogP contribution in [0.25, 0.3) is 0 Å². The third-order valence-corrected chi connectivity index (χ3v) is 4.74. The summed E-state index contributed by atoms with van der Waals surface area (Å²) in [5, 5.41) is 5.92. The first-order valence-electron chi connectivity index (χ1n) is 9.32. The average Bonchev–Trinajstić information content (AvgIpc) is 2.84. The Balaban J connectivity index is 1.68. The molecule has 2 atom stereocenters. The van der Waals surface area contributed by atoms with Crippen molar-refractivity contribution in [1.82, 2.24) is 10.6 Å². The molecule has 0 aliphatic carbocycles. The minimum absolute atomic E-state index is 0.00219. The Bertz CT molecular complexity index is 662. The Hall–Kier alpha value is -2.28. The van der Waals surface area contributed by atoms with Crippen LogP contribution in [-0.2, 0) is 9.59 Å². The van der Waals surface area contributed by atoms with E-state index in [4.69, 9.17) is 9.47 Å². The van der Waals surface area contributed by atoms with Crippen molar-refractivity contribution in [1.29, 1.82) is 0 Å². The van der Waals surface area contributed by atoms with Crippen LogP contribution in [0.3, 0.4) is 0 Å². The molecule has 0 saturated carbocycles. The maximum Gasteiger partial charge on any atom is 0.275 e. The SMILES string of the molecule is CC(C)[C@@H](NC(=O)C[NH+]1CCNC(=O)C1)c1ccc2c(c1)OCCCO2. The second-order valence-corrected chi connectivity index (χ2v) is 7.25. The first-order chi connectivity index (χ1) is 12.5. The van der Waals surface area contributed by atoms with E-state index < -0.39 is 0 Å². The van der Waals surface area contributed by atoms with Crippen LogP contribution in [0, 0.1) is 5.92 Å². The Kier molecular flexibility index (Phi) is 5.98. The minimum Gasteiger partial charge on any atom is -0.490 e. The van der Waals surface area contributed by atoms with Gasteiger partial charge in [0.1, 0.15) is 0 Å². The van der Waals surface area contributed by atoms with Crippen molar-refractivity contribution < 1.29 is 24.0 Å². The lowest BCUT2D eigenvalue weighted by Crippen LogP contribution is -3.16. The van der Waals surface area contributed by atoms with E-state index in [-0.39, 0.29) is 23.8 Å². The molecule has 1 fully saturated rings. The van der Waals surface area contributed by atoms with E-state index in [1.165, 1.54) is 0 Å². The van der Waals surface area contributed by atoms with Crippen molar-refractivity contribution in [2.24, 2.45) is 5.92 Å². The van der Waals surface area contributed by atoms with Gasteiger partial charge >= 0.3 is 0 Å². The summed E-state index contributed by atoms with van der Waals surface area (Å²) in [7, 11) is 0. The van der Waals surface area contributed by atoms with Crippen LogP contribution in [-0.4, -0.2) is 51.2 Å². The second-order valence-electron chi connectivity index (χ2n) is 7.25. The summed E-state index contributed by atoms with van der Waals surface area (Å²) in [5.41, 5.74) is 1.00. The molecule has 0 spiro atoms. The molecule has 2 aliphatic heterocycles. The number of piperazine rings is 1. The van der Waals surface area contributed by atoms with E-state index in [2.05, 4.69) is 24.5 Å². The van der Waals surface area contributed by atoms with Gasteiger partial charge in [0, 0.05) is 6.42 Å². The summed E-state index contributed by atoms with van der Waals surface area (Å²) < 4.78 is 11.5. The smallest absolute Gasteiger partial charge is 0.275 e. The van der Waals surface area contributed by atoms with Crippen molar-refractivity contribution in [2.45, 2.75) is 26.3 Å². The van der Waals surface area contributed by atoms with Crippen LogP contribution in [0.2, 0.25) is 0 Å². The van der Waals surface area contributed by atoms with Crippen molar-refractivity contribution >= 4 is 11.8 Å². The highest BCUT2D eigenvalue weighted by Gasteiger charge is 2.25. The molecule has 2 aliphatic rings. The lowest BCUT2D eigenvalue weighted by atomic mass is 9.95. The topological polar surface area (TPSA) is 81.1 Å². The van der Waals surface area contributed by atoms with Crippen LogP contribution in [0.15, 0.2) is 18.2 Å². The average molecular weight is 362 g/mol. The molecule has 2 amide bonds. The van der Waals surface area contributed by atoms with Crippen molar-refractivity contribution in [2.75, 3.05) is 39.4 Å². The summed E-state index contributed by atoms with van der Waals surface area (Å²) in [5.74, 6) is 1.67. The summed E-state index contributed by atoms with van der Waals surface area (Å²) in [6.45, 7) is 7.50. The van der Waals surface area contributed by atoms with Crippen molar-refractivity contribution in [3.05, 3.63) is 23.8 Å². The monoisotopic (exact) mass is 362 g/mol. The number of hydrogen-bond donors (Lipinski definition) is 3. The van der Waals surface area contributed by atoms with E-state index in [9.17, 15) is 9.59 Å². The second kappa shape index (κ2) is 8.40. The van der Waals surface area contributed by atoms with Gasteiger partial charge in [0.25, 0.3) is 11.8 Å². The highest BCUT2D eigenvalue weighted by atomic mass is 16.5. The van der Waals surface area contributed by atoms with E-state index in [1.807, 2.05) is 18.2 Å². The standard InChI is InChI=1S/C19H27N3O4/c1-13(2)19(21-18(24)12-22-7-6-20-17(23)11-22)14-4-5-15-16(10-14)26-9-3-8-25-15/h4-5,10,13,19H,3,6-9,11-12H2,1-2H3,(H,20,23)(H,21,24)/p+1/t19-/m1/s1. The van der Waals surface area contributed by atoms with Gasteiger partial charge in [-0.3, -0.25) is 9.59 Å². The van der Waals surface area contributed by atoms with Crippen LogP contribution in [0.5, 0.6) is 11.5 Å². The first-order valence-corrected chi connectivity index (χ1v) is 9.32. The maximum atomic E-state index is 12.5. The van der Waals surface area contributed by atoms with Gasteiger partial charge in [-0.05, 0) is 23.6 Å². The van der Waals surface area contributed by atoms with Gasteiger partial charge in [-0.1, -0.05) is 19.9 Å². The zero-order chi connectivity index (χ0) is 18.5. The van der Waals surface area contributed by atoms with Gasteiger partial charge in [-0.2, -0.15) is 0 Å². The molecule has 26 heavy (non-hydrogen) atoms. The van der Waals surface area contributed by atoms with Crippen LogP contribution < -0.4 is 25.0 Å². The zero-order valence-electron chi connectivity index (χ0n) is 15.5. The molecule has 1 saturated heterocycles. The molecule has 142 valence electrons. The number of hydrogen-bond acceptors (Lipinski definition) is 4. The van der Waals surface area contributed by atoms with E-state index in [0.29, 0.717) is 32.8 Å². The van der Waals surface area contributed by atoms with Gasteiger partial charge in [0.15, 0.2) is 24.6 Å². The Morgan fingerprint density at radius 1 is 1.27 bits per heavy atom. The minimum atomic E-state index is -0.113. The number of ether oxygens (including phenoxy) is 2. The molecule has 7 nitrogen and oxygen atoms in total. The number of benzene rings is 1. The number of amides is 2. The van der Waals surface area contributed by atoms with Gasteiger partial charge in [-0.25, -0.2) is 0 Å². The maximum absolute atomic E-state index is 12.5. The molecule has 0 aromatic heterocycles. The third kappa shape index (κ3) is 4.66.